The number of aryl methyl sites for hydroxylation is 2. The van der Waals surface area contributed by atoms with Crippen molar-refractivity contribution < 1.29 is 9.18 Å². The van der Waals surface area contributed by atoms with Crippen molar-refractivity contribution in [1.29, 1.82) is 0 Å². The van der Waals surface area contributed by atoms with Crippen molar-refractivity contribution in [2.45, 2.75) is 26.4 Å². The van der Waals surface area contributed by atoms with Gasteiger partial charge in [-0.15, -0.1) is 5.10 Å². The van der Waals surface area contributed by atoms with Gasteiger partial charge in [0.15, 0.2) is 5.82 Å². The second-order valence-corrected chi connectivity index (χ2v) is 10.5. The van der Waals surface area contributed by atoms with E-state index >= 15 is 0 Å². The molecular weight excluding hydrogens is 563 g/mol. The summed E-state index contributed by atoms with van der Waals surface area (Å²) in [5, 5.41) is 18.1. The van der Waals surface area contributed by atoms with Gasteiger partial charge in [0.2, 0.25) is 5.91 Å². The molecule has 0 saturated carbocycles. The van der Waals surface area contributed by atoms with Crippen LogP contribution in [0.15, 0.2) is 78.1 Å². The van der Waals surface area contributed by atoms with Crippen molar-refractivity contribution in [3.63, 3.8) is 0 Å². The molecular formula is C31H29FN10O2. The molecule has 222 valence electrons. The average molecular weight is 593 g/mol. The van der Waals surface area contributed by atoms with E-state index in [0.29, 0.717) is 17.2 Å². The molecule has 4 aromatic heterocycles. The van der Waals surface area contributed by atoms with Gasteiger partial charge in [0.1, 0.15) is 17.3 Å². The summed E-state index contributed by atoms with van der Waals surface area (Å²) < 4.78 is 18.9. The Morgan fingerprint density at radius 3 is 2.59 bits per heavy atom. The van der Waals surface area contributed by atoms with Gasteiger partial charge in [-0.3, -0.25) is 19.1 Å². The number of pyridine rings is 1. The average Bonchev–Trinajstić information content (AvgIpc) is 3.61. The largest absolute Gasteiger partial charge is 0.319 e. The number of carbonyl (C=O) groups excluding carboxylic acids is 1. The van der Waals surface area contributed by atoms with E-state index in [1.807, 2.05) is 48.0 Å². The fourth-order valence-electron chi connectivity index (χ4n) is 5.05. The predicted octanol–water partition coefficient (Wildman–Crippen LogP) is 3.48. The number of nitrogens with zero attached hydrogens (tertiary/aromatic N) is 8. The minimum absolute atomic E-state index is 0.0488. The number of tetrazole rings is 1. The first kappa shape index (κ1) is 28.6. The Hall–Kier alpha value is -5.56. The van der Waals surface area contributed by atoms with Gasteiger partial charge in [-0.2, -0.15) is 0 Å². The Bertz CT molecular complexity index is 2080. The SMILES string of the molecule is CN[C@@H](C)C(=O)Nc1cnc(-c2cccc(-c3nnnn3C)c2)n(Cc2cncc(-n3cc(C)c4cc(F)ccc43)c2)c1=O. The van der Waals surface area contributed by atoms with Crippen molar-refractivity contribution in [2.24, 2.45) is 7.05 Å². The molecule has 0 unspecified atom stereocenters. The third kappa shape index (κ3) is 5.36. The molecule has 6 aromatic rings. The monoisotopic (exact) mass is 592 g/mol. The lowest BCUT2D eigenvalue weighted by Gasteiger charge is -2.16. The van der Waals surface area contributed by atoms with E-state index in [4.69, 9.17) is 0 Å². The topological polar surface area (TPSA) is 137 Å². The first-order valence-corrected chi connectivity index (χ1v) is 13.9. The first-order valence-electron chi connectivity index (χ1n) is 13.9. The Balaban J connectivity index is 1.45. The van der Waals surface area contributed by atoms with E-state index in [1.165, 1.54) is 22.9 Å². The van der Waals surface area contributed by atoms with Crippen LogP contribution in [0.4, 0.5) is 10.1 Å². The van der Waals surface area contributed by atoms with E-state index in [0.717, 1.165) is 33.3 Å². The van der Waals surface area contributed by atoms with Gasteiger partial charge in [-0.25, -0.2) is 14.1 Å². The number of benzene rings is 2. The maximum Gasteiger partial charge on any atom is 0.277 e. The number of halogens is 1. The second kappa shape index (κ2) is 11.6. The zero-order valence-electron chi connectivity index (χ0n) is 24.5. The number of amides is 1. The number of hydrogen-bond acceptors (Lipinski definition) is 8. The number of likely N-dealkylation sites (N-methyl/N-ethyl adjacent to an activating group) is 1. The molecule has 4 heterocycles. The van der Waals surface area contributed by atoms with Crippen LogP contribution in [0.2, 0.25) is 0 Å². The van der Waals surface area contributed by atoms with E-state index < -0.39 is 11.6 Å². The molecule has 0 aliphatic heterocycles. The van der Waals surface area contributed by atoms with E-state index in [9.17, 15) is 14.0 Å². The molecule has 0 aliphatic rings. The molecule has 2 N–H and O–H groups in total. The maximum atomic E-state index is 14.0. The lowest BCUT2D eigenvalue weighted by molar-refractivity contribution is -0.117. The second-order valence-electron chi connectivity index (χ2n) is 10.5. The third-order valence-electron chi connectivity index (χ3n) is 7.50. The van der Waals surface area contributed by atoms with Crippen LogP contribution in [0, 0.1) is 12.7 Å². The number of rotatable bonds is 8. The zero-order chi connectivity index (χ0) is 31.0. The fourth-order valence-corrected chi connectivity index (χ4v) is 5.05. The number of carbonyl (C=O) groups is 1. The molecule has 0 saturated heterocycles. The molecule has 2 aromatic carbocycles. The van der Waals surface area contributed by atoms with Gasteiger partial charge in [0, 0.05) is 36.0 Å². The summed E-state index contributed by atoms with van der Waals surface area (Å²) in [7, 11) is 3.40. The number of hydrogen-bond donors (Lipinski definition) is 2. The fraction of sp³-hybridized carbons (Fsp3) is 0.194. The third-order valence-corrected chi connectivity index (χ3v) is 7.50. The predicted molar refractivity (Wildman–Crippen MR) is 164 cm³/mol. The maximum absolute atomic E-state index is 14.0. The molecule has 44 heavy (non-hydrogen) atoms. The van der Waals surface area contributed by atoms with Crippen molar-refractivity contribution in [3.8, 4) is 28.5 Å². The summed E-state index contributed by atoms with van der Waals surface area (Å²) in [6, 6.07) is 13.5. The molecule has 6 rings (SSSR count). The number of aromatic nitrogens is 8. The molecule has 1 atom stereocenters. The summed E-state index contributed by atoms with van der Waals surface area (Å²) in [6.45, 7) is 3.73. The lowest BCUT2D eigenvalue weighted by Crippen LogP contribution is -2.38. The highest BCUT2D eigenvalue weighted by Crippen LogP contribution is 2.27. The van der Waals surface area contributed by atoms with Crippen LogP contribution in [0.3, 0.4) is 0 Å². The number of nitrogens with one attached hydrogen (secondary N) is 2. The lowest BCUT2D eigenvalue weighted by atomic mass is 10.1. The van der Waals surface area contributed by atoms with Crippen LogP contribution in [-0.2, 0) is 18.4 Å². The van der Waals surface area contributed by atoms with Crippen molar-refractivity contribution in [3.05, 3.63) is 101 Å². The van der Waals surface area contributed by atoms with Crippen LogP contribution >= 0.6 is 0 Å². The summed E-state index contributed by atoms with van der Waals surface area (Å²) in [6.07, 6.45) is 6.68. The molecule has 12 nitrogen and oxygen atoms in total. The van der Waals surface area contributed by atoms with Crippen molar-refractivity contribution in [2.75, 3.05) is 12.4 Å². The van der Waals surface area contributed by atoms with Crippen LogP contribution in [0.5, 0.6) is 0 Å². The molecule has 1 amide bonds. The molecule has 0 bridgehead atoms. The van der Waals surface area contributed by atoms with Crippen LogP contribution in [0.25, 0.3) is 39.4 Å². The molecule has 0 aliphatic carbocycles. The minimum Gasteiger partial charge on any atom is -0.319 e. The summed E-state index contributed by atoms with van der Waals surface area (Å²) in [4.78, 5) is 35.7. The summed E-state index contributed by atoms with van der Waals surface area (Å²) in [5.74, 6) is 0.268. The highest BCUT2D eigenvalue weighted by Gasteiger charge is 2.19. The van der Waals surface area contributed by atoms with Gasteiger partial charge in [-0.05, 0) is 72.8 Å². The van der Waals surface area contributed by atoms with Gasteiger partial charge in [0.25, 0.3) is 5.56 Å². The minimum atomic E-state index is -0.520. The smallest absolute Gasteiger partial charge is 0.277 e. The first-order chi connectivity index (χ1) is 21.2. The number of anilines is 1. The molecule has 13 heteroatoms. The Morgan fingerprint density at radius 2 is 1.84 bits per heavy atom. The van der Waals surface area contributed by atoms with Crippen LogP contribution in [0.1, 0.15) is 18.1 Å². The standard InChI is InChI=1S/C31H29FN10O2/c1-18-16-41(27-9-8-23(32)12-25(18)27)24-10-20(13-34-14-24)17-42-28(35-15-26(31(42)44)36-30(43)19(2)33-3)21-6-5-7-22(11-21)29-37-38-39-40(29)4/h5-16,19,33H,17H2,1-4H3,(H,36,43)/t19-/m0/s1. The molecule has 0 spiro atoms. The highest BCUT2D eigenvalue weighted by molar-refractivity contribution is 5.94. The highest BCUT2D eigenvalue weighted by atomic mass is 19.1. The van der Waals surface area contributed by atoms with E-state index in [-0.39, 0.29) is 24.0 Å². The Labute approximate surface area is 251 Å². The number of fused-ring (bicyclic) bond motifs is 1. The van der Waals surface area contributed by atoms with Gasteiger partial charge in [-0.1, -0.05) is 18.2 Å². The van der Waals surface area contributed by atoms with E-state index in [2.05, 4.69) is 36.1 Å². The van der Waals surface area contributed by atoms with Crippen molar-refractivity contribution >= 4 is 22.5 Å². The quantitative estimate of drug-likeness (QED) is 0.274. The van der Waals surface area contributed by atoms with Gasteiger partial charge in [0.05, 0.1) is 36.2 Å². The van der Waals surface area contributed by atoms with Gasteiger partial charge < -0.3 is 15.2 Å². The Morgan fingerprint density at radius 1 is 1.05 bits per heavy atom. The van der Waals surface area contributed by atoms with Crippen LogP contribution < -0.4 is 16.2 Å². The van der Waals surface area contributed by atoms with Crippen LogP contribution in [-0.4, -0.2) is 58.3 Å². The zero-order valence-corrected chi connectivity index (χ0v) is 24.5. The Kier molecular flexibility index (Phi) is 7.53. The van der Waals surface area contributed by atoms with Gasteiger partial charge >= 0.3 is 0 Å². The normalized spacial score (nSPS) is 12.0. The summed E-state index contributed by atoms with van der Waals surface area (Å²) >= 11 is 0. The summed E-state index contributed by atoms with van der Waals surface area (Å²) in [5.41, 5.74) is 4.24. The molecule has 0 radical (unpaired) electrons. The van der Waals surface area contributed by atoms with Crippen molar-refractivity contribution in [1.82, 2.24) is 44.6 Å². The van der Waals surface area contributed by atoms with E-state index in [1.54, 1.807) is 44.2 Å². The molecule has 0 fully saturated rings.